The first kappa shape index (κ1) is 20.1. The molecule has 3 heterocycles. The van der Waals surface area contributed by atoms with Crippen molar-refractivity contribution in [1.29, 1.82) is 0 Å². The van der Waals surface area contributed by atoms with Gasteiger partial charge in [0.2, 0.25) is 0 Å². The van der Waals surface area contributed by atoms with E-state index in [-0.39, 0.29) is 11.9 Å². The zero-order chi connectivity index (χ0) is 20.1. The predicted molar refractivity (Wildman–Crippen MR) is 122 cm³/mol. The van der Waals surface area contributed by atoms with E-state index in [1.165, 1.54) is 17.0 Å². The molecular weight excluding hydrogens is 400 g/mol. The van der Waals surface area contributed by atoms with E-state index < -0.39 is 0 Å². The fourth-order valence-corrected chi connectivity index (χ4v) is 5.02. The SMILES string of the molecule is C[C@H](CCN1CCN(c2ccccc2)CC1)NC(=O)c1csc(-c2ccsc2)n1. The molecule has 0 saturated carbocycles. The number of hydrogen-bond donors (Lipinski definition) is 1. The van der Waals surface area contributed by atoms with Gasteiger partial charge in [-0.15, -0.1) is 11.3 Å². The van der Waals surface area contributed by atoms with Gasteiger partial charge in [0.1, 0.15) is 10.7 Å². The van der Waals surface area contributed by atoms with Crippen LogP contribution in [0.15, 0.2) is 52.5 Å². The van der Waals surface area contributed by atoms with Crippen LogP contribution in [-0.2, 0) is 0 Å². The molecule has 0 unspecified atom stereocenters. The summed E-state index contributed by atoms with van der Waals surface area (Å²) in [4.78, 5) is 21.9. The van der Waals surface area contributed by atoms with Crippen molar-refractivity contribution in [3.63, 3.8) is 0 Å². The van der Waals surface area contributed by atoms with Crippen molar-refractivity contribution in [1.82, 2.24) is 15.2 Å². The van der Waals surface area contributed by atoms with Crippen LogP contribution in [0.3, 0.4) is 0 Å². The highest BCUT2D eigenvalue weighted by atomic mass is 32.1. The fraction of sp³-hybridized carbons (Fsp3) is 0.364. The molecule has 2 aromatic heterocycles. The summed E-state index contributed by atoms with van der Waals surface area (Å²) in [5, 5.41) is 9.93. The average molecular weight is 427 g/mol. The summed E-state index contributed by atoms with van der Waals surface area (Å²) in [6.07, 6.45) is 0.943. The normalized spacial score (nSPS) is 16.0. The third-order valence-corrected chi connectivity index (χ3v) is 6.83. The summed E-state index contributed by atoms with van der Waals surface area (Å²) in [7, 11) is 0. The minimum absolute atomic E-state index is 0.0795. The summed E-state index contributed by atoms with van der Waals surface area (Å²) in [5.41, 5.74) is 2.90. The zero-order valence-corrected chi connectivity index (χ0v) is 18.2. The topological polar surface area (TPSA) is 48.5 Å². The van der Waals surface area contributed by atoms with Crippen molar-refractivity contribution in [3.8, 4) is 10.6 Å². The van der Waals surface area contributed by atoms with Crippen LogP contribution in [0, 0.1) is 0 Å². The number of piperazine rings is 1. The maximum Gasteiger partial charge on any atom is 0.270 e. The highest BCUT2D eigenvalue weighted by Gasteiger charge is 2.19. The molecule has 1 aliphatic rings. The largest absolute Gasteiger partial charge is 0.369 e. The molecule has 1 fully saturated rings. The summed E-state index contributed by atoms with van der Waals surface area (Å²) in [6, 6.07) is 12.8. The molecule has 0 radical (unpaired) electrons. The molecule has 1 amide bonds. The van der Waals surface area contributed by atoms with E-state index in [9.17, 15) is 4.79 Å². The standard InChI is InChI=1S/C22H26N4OS2/c1-17(23-21(27)20-16-29-22(24-20)18-8-14-28-15-18)7-9-25-10-12-26(13-11-25)19-5-3-2-4-6-19/h2-6,8,14-17H,7,9-13H2,1H3,(H,23,27)/t17-/m1/s1. The molecule has 1 atom stereocenters. The second-order valence-corrected chi connectivity index (χ2v) is 9.02. The number of rotatable bonds is 7. The smallest absolute Gasteiger partial charge is 0.270 e. The molecule has 1 aromatic carbocycles. The van der Waals surface area contributed by atoms with Gasteiger partial charge in [0.25, 0.3) is 5.91 Å². The number of benzene rings is 1. The van der Waals surface area contributed by atoms with Crippen LogP contribution in [0.25, 0.3) is 10.6 Å². The number of carbonyl (C=O) groups is 1. The summed E-state index contributed by atoms with van der Waals surface area (Å²) >= 11 is 3.16. The minimum Gasteiger partial charge on any atom is -0.369 e. The maximum absolute atomic E-state index is 12.5. The number of thiophene rings is 1. The van der Waals surface area contributed by atoms with Crippen molar-refractivity contribution in [2.75, 3.05) is 37.6 Å². The number of nitrogens with one attached hydrogen (secondary N) is 1. The third-order valence-electron chi connectivity index (χ3n) is 5.25. The van der Waals surface area contributed by atoms with Crippen LogP contribution in [0.2, 0.25) is 0 Å². The fourth-order valence-electron chi connectivity index (χ4n) is 3.51. The Hall–Kier alpha value is -2.22. The summed E-state index contributed by atoms with van der Waals surface area (Å²) in [6.45, 7) is 7.30. The molecule has 152 valence electrons. The number of hydrogen-bond acceptors (Lipinski definition) is 6. The molecule has 0 spiro atoms. The average Bonchev–Trinajstić information content (AvgIpc) is 3.45. The van der Waals surface area contributed by atoms with Crippen molar-refractivity contribution >= 4 is 34.3 Å². The van der Waals surface area contributed by atoms with E-state index in [0.29, 0.717) is 5.69 Å². The van der Waals surface area contributed by atoms with Gasteiger partial charge in [0.05, 0.1) is 0 Å². The Labute approximate surface area is 180 Å². The zero-order valence-electron chi connectivity index (χ0n) is 16.6. The van der Waals surface area contributed by atoms with Gasteiger partial charge >= 0.3 is 0 Å². The molecule has 1 saturated heterocycles. The van der Waals surface area contributed by atoms with Gasteiger partial charge in [-0.05, 0) is 36.9 Å². The molecule has 1 aliphatic heterocycles. The molecule has 5 nitrogen and oxygen atoms in total. The first-order valence-electron chi connectivity index (χ1n) is 10.0. The quantitative estimate of drug-likeness (QED) is 0.615. The van der Waals surface area contributed by atoms with Crippen LogP contribution in [0.1, 0.15) is 23.8 Å². The van der Waals surface area contributed by atoms with Crippen molar-refractivity contribution in [3.05, 3.63) is 58.2 Å². The van der Waals surface area contributed by atoms with Gasteiger partial charge in [-0.25, -0.2) is 4.98 Å². The van der Waals surface area contributed by atoms with E-state index in [4.69, 9.17) is 0 Å². The lowest BCUT2D eigenvalue weighted by Gasteiger charge is -2.36. The monoisotopic (exact) mass is 426 g/mol. The van der Waals surface area contributed by atoms with Crippen LogP contribution in [0.4, 0.5) is 5.69 Å². The van der Waals surface area contributed by atoms with E-state index in [2.05, 4.69) is 62.7 Å². The number of anilines is 1. The van der Waals surface area contributed by atoms with Crippen LogP contribution in [-0.4, -0.2) is 54.6 Å². The summed E-state index contributed by atoms with van der Waals surface area (Å²) in [5.74, 6) is -0.0795. The first-order valence-corrected chi connectivity index (χ1v) is 11.8. The number of amides is 1. The molecule has 1 N–H and O–H groups in total. The summed E-state index contributed by atoms with van der Waals surface area (Å²) < 4.78 is 0. The lowest BCUT2D eigenvalue weighted by molar-refractivity contribution is 0.0931. The van der Waals surface area contributed by atoms with Gasteiger partial charge < -0.3 is 10.2 Å². The van der Waals surface area contributed by atoms with Crippen LogP contribution >= 0.6 is 22.7 Å². The molecule has 0 aliphatic carbocycles. The third kappa shape index (κ3) is 5.23. The van der Waals surface area contributed by atoms with E-state index in [0.717, 1.165) is 49.7 Å². The maximum atomic E-state index is 12.5. The molecule has 29 heavy (non-hydrogen) atoms. The molecule has 0 bridgehead atoms. The predicted octanol–water partition coefficient (Wildman–Crippen LogP) is 4.20. The van der Waals surface area contributed by atoms with Crippen LogP contribution < -0.4 is 10.2 Å². The second-order valence-electron chi connectivity index (χ2n) is 7.38. The Kier molecular flexibility index (Phi) is 6.59. The van der Waals surface area contributed by atoms with Crippen LogP contribution in [0.5, 0.6) is 0 Å². The Bertz CT molecular complexity index is 902. The number of para-hydroxylation sites is 1. The number of aromatic nitrogens is 1. The Morgan fingerprint density at radius 2 is 1.93 bits per heavy atom. The second kappa shape index (κ2) is 9.52. The van der Waals surface area contributed by atoms with Gasteiger partial charge in [-0.3, -0.25) is 9.69 Å². The molecule has 3 aromatic rings. The van der Waals surface area contributed by atoms with Gasteiger partial charge in [0.15, 0.2) is 0 Å². The number of carbonyl (C=O) groups excluding carboxylic acids is 1. The van der Waals surface area contributed by atoms with Gasteiger partial charge in [0, 0.05) is 60.8 Å². The highest BCUT2D eigenvalue weighted by Crippen LogP contribution is 2.25. The highest BCUT2D eigenvalue weighted by molar-refractivity contribution is 7.14. The van der Waals surface area contributed by atoms with Gasteiger partial charge in [-0.2, -0.15) is 11.3 Å². The van der Waals surface area contributed by atoms with E-state index >= 15 is 0 Å². The Morgan fingerprint density at radius 1 is 1.14 bits per heavy atom. The number of nitrogens with zero attached hydrogens (tertiary/aromatic N) is 3. The molecule has 7 heteroatoms. The van der Waals surface area contributed by atoms with Crippen molar-refractivity contribution in [2.45, 2.75) is 19.4 Å². The van der Waals surface area contributed by atoms with Gasteiger partial charge in [-0.1, -0.05) is 18.2 Å². The molecule has 4 rings (SSSR count). The first-order chi connectivity index (χ1) is 14.2. The van der Waals surface area contributed by atoms with Crippen molar-refractivity contribution in [2.24, 2.45) is 0 Å². The number of thiazole rings is 1. The lowest BCUT2D eigenvalue weighted by Crippen LogP contribution is -2.47. The van der Waals surface area contributed by atoms with E-state index in [1.807, 2.05) is 16.8 Å². The Morgan fingerprint density at radius 3 is 2.66 bits per heavy atom. The minimum atomic E-state index is -0.0795. The Balaban J connectivity index is 1.20. The molecular formula is C22H26N4OS2. The van der Waals surface area contributed by atoms with E-state index in [1.54, 1.807) is 11.3 Å². The lowest BCUT2D eigenvalue weighted by atomic mass is 10.2. The van der Waals surface area contributed by atoms with Crippen molar-refractivity contribution < 1.29 is 4.79 Å².